The Labute approximate surface area is 353 Å². The van der Waals surface area contributed by atoms with Crippen LogP contribution in [0.5, 0.6) is 0 Å². The van der Waals surface area contributed by atoms with E-state index >= 15 is 4.79 Å². The van der Waals surface area contributed by atoms with Crippen LogP contribution < -0.4 is 5.32 Å². The van der Waals surface area contributed by atoms with Gasteiger partial charge in [-0.15, -0.1) is 0 Å². The molecule has 1 aliphatic heterocycles. The molecule has 0 spiro atoms. The summed E-state index contributed by atoms with van der Waals surface area (Å²) in [6.07, 6.45) is -8.50. The number of carbonyl (C=O) groups is 6. The maximum Gasteiger partial charge on any atom is 0.338 e. The summed E-state index contributed by atoms with van der Waals surface area (Å²) in [4.78, 5) is 84.4. The normalized spacial score (nSPS) is 32.2. The number of fused-ring (bicyclic) bond motifs is 5. The van der Waals surface area contributed by atoms with Gasteiger partial charge < -0.3 is 39.6 Å². The molecule has 3 fully saturated rings. The second kappa shape index (κ2) is 16.1. The van der Waals surface area contributed by atoms with Crippen LogP contribution in [0.1, 0.15) is 86.7 Å². The van der Waals surface area contributed by atoms with Crippen molar-refractivity contribution in [2.24, 2.45) is 22.7 Å². The van der Waals surface area contributed by atoms with Crippen LogP contribution in [0.25, 0.3) is 0 Å². The number of hydrogen-bond acceptors (Lipinski definition) is 13. The zero-order valence-corrected chi connectivity index (χ0v) is 34.8. The lowest BCUT2D eigenvalue weighted by atomic mass is 9.43. The summed E-state index contributed by atoms with van der Waals surface area (Å²) in [7, 11) is 0. The highest BCUT2D eigenvalue weighted by Crippen LogP contribution is 2.65. The summed E-state index contributed by atoms with van der Waals surface area (Å²) in [5.41, 5.74) is -6.70. The summed E-state index contributed by atoms with van der Waals surface area (Å²) < 4.78 is 24.4. The minimum absolute atomic E-state index is 0.0733. The van der Waals surface area contributed by atoms with E-state index in [0.29, 0.717) is 5.56 Å². The Morgan fingerprint density at radius 3 is 1.97 bits per heavy atom. The molecule has 11 unspecified atom stereocenters. The monoisotopic (exact) mass is 837 g/mol. The number of benzene rings is 3. The molecule has 61 heavy (non-hydrogen) atoms. The molecule has 2 bridgehead atoms. The second-order valence-corrected chi connectivity index (χ2v) is 17.4. The highest BCUT2D eigenvalue weighted by Gasteiger charge is 2.78. The van der Waals surface area contributed by atoms with E-state index in [1.807, 2.05) is 0 Å². The van der Waals surface area contributed by atoms with Crippen molar-refractivity contribution >= 4 is 35.4 Å². The van der Waals surface area contributed by atoms with E-state index in [-0.39, 0.29) is 35.3 Å². The van der Waals surface area contributed by atoms with Gasteiger partial charge in [-0.25, -0.2) is 9.59 Å². The number of ether oxygens (including phenoxy) is 4. The van der Waals surface area contributed by atoms with Crippen molar-refractivity contribution in [3.63, 3.8) is 0 Å². The first-order valence-corrected chi connectivity index (χ1v) is 20.3. The lowest BCUT2D eigenvalue weighted by Gasteiger charge is -2.67. The van der Waals surface area contributed by atoms with Crippen LogP contribution in [0.2, 0.25) is 0 Å². The lowest BCUT2D eigenvalue weighted by Crippen LogP contribution is -2.81. The van der Waals surface area contributed by atoms with E-state index in [1.165, 1.54) is 26.0 Å². The molecule has 1 amide bonds. The molecular formula is C47H51NO13. The van der Waals surface area contributed by atoms with Crippen molar-refractivity contribution in [1.82, 2.24) is 5.32 Å². The molecule has 322 valence electrons. The minimum Gasteiger partial charge on any atom is -0.456 e. The van der Waals surface area contributed by atoms with Crippen LogP contribution in [0.15, 0.2) is 102 Å². The summed E-state index contributed by atoms with van der Waals surface area (Å²) in [6, 6.07) is 23.1. The second-order valence-electron chi connectivity index (χ2n) is 17.4. The average Bonchev–Trinajstić information content (AvgIpc) is 3.23. The first-order chi connectivity index (χ1) is 28.8. The zero-order valence-electron chi connectivity index (χ0n) is 34.8. The van der Waals surface area contributed by atoms with Crippen LogP contribution in [0.3, 0.4) is 0 Å². The van der Waals surface area contributed by atoms with E-state index in [2.05, 4.69) is 5.32 Å². The summed E-state index contributed by atoms with van der Waals surface area (Å²) in [5, 5.41) is 40.2. The molecule has 4 N–H and O–H groups in total. The molecule has 0 aromatic heterocycles. The number of ketones is 2. The molecule has 1 saturated heterocycles. The number of amides is 1. The van der Waals surface area contributed by atoms with Crippen molar-refractivity contribution in [2.75, 3.05) is 6.61 Å². The molecule has 3 aliphatic carbocycles. The SMILES string of the molecule is CC(=O)OC12COC1CC(O)C1(C)C(=O)C(C(C)=O)C3=C(C)C(OC(=O)C(O)C(NC(=O)c4ccccc4)c4ccccc4)CC(O)(C(OC(=O)c4ccccc4)C21)C3(C)C. The molecule has 14 nitrogen and oxygen atoms in total. The average molecular weight is 838 g/mol. The molecule has 0 radical (unpaired) electrons. The van der Waals surface area contributed by atoms with Gasteiger partial charge in [0.2, 0.25) is 0 Å². The van der Waals surface area contributed by atoms with Crippen molar-refractivity contribution < 1.29 is 63.0 Å². The molecule has 2 saturated carbocycles. The first kappa shape index (κ1) is 43.5. The number of nitrogens with one attached hydrogen (secondary N) is 1. The van der Waals surface area contributed by atoms with E-state index in [0.717, 1.165) is 6.92 Å². The Kier molecular flexibility index (Phi) is 11.5. The third-order valence-electron chi connectivity index (χ3n) is 13.7. The Bertz CT molecular complexity index is 2260. The Morgan fingerprint density at radius 2 is 1.43 bits per heavy atom. The van der Waals surface area contributed by atoms with Gasteiger partial charge in [0.25, 0.3) is 5.91 Å². The zero-order chi connectivity index (χ0) is 44.2. The number of aliphatic hydroxyl groups is 3. The van der Waals surface area contributed by atoms with Gasteiger partial charge in [0.15, 0.2) is 17.5 Å². The quantitative estimate of drug-likeness (QED) is 0.0986. The number of esters is 3. The smallest absolute Gasteiger partial charge is 0.338 e. The van der Waals surface area contributed by atoms with Gasteiger partial charge in [-0.2, -0.15) is 0 Å². The third kappa shape index (κ3) is 7.08. The molecule has 14 heteroatoms. The number of hydrogen-bond donors (Lipinski definition) is 4. The third-order valence-corrected chi connectivity index (χ3v) is 13.7. The summed E-state index contributed by atoms with van der Waals surface area (Å²) in [6.45, 7) is 8.23. The van der Waals surface area contributed by atoms with Gasteiger partial charge in [0, 0.05) is 30.7 Å². The number of aliphatic hydroxyl groups excluding tert-OH is 2. The van der Waals surface area contributed by atoms with Gasteiger partial charge in [0.1, 0.15) is 29.7 Å². The van der Waals surface area contributed by atoms with E-state index in [4.69, 9.17) is 18.9 Å². The predicted octanol–water partition coefficient (Wildman–Crippen LogP) is 4.01. The molecule has 3 aromatic rings. The fourth-order valence-corrected chi connectivity index (χ4v) is 10.4. The maximum absolute atomic E-state index is 15.4. The van der Waals surface area contributed by atoms with Crippen LogP contribution in [0, 0.1) is 22.7 Å². The molecule has 7 rings (SSSR count). The largest absolute Gasteiger partial charge is 0.456 e. The van der Waals surface area contributed by atoms with Crippen LogP contribution in [0.4, 0.5) is 0 Å². The first-order valence-electron chi connectivity index (χ1n) is 20.3. The van der Waals surface area contributed by atoms with Gasteiger partial charge in [-0.3, -0.25) is 19.2 Å². The van der Waals surface area contributed by atoms with E-state index in [9.17, 15) is 39.3 Å². The van der Waals surface area contributed by atoms with Crippen molar-refractivity contribution in [2.45, 2.75) is 102 Å². The molecule has 11 atom stereocenters. The van der Waals surface area contributed by atoms with Crippen LogP contribution >= 0.6 is 0 Å². The van der Waals surface area contributed by atoms with E-state index < -0.39 is 112 Å². The summed E-state index contributed by atoms with van der Waals surface area (Å²) >= 11 is 0. The van der Waals surface area contributed by atoms with Gasteiger partial charge in [-0.05, 0) is 61.7 Å². The summed E-state index contributed by atoms with van der Waals surface area (Å²) in [5.74, 6) is -8.05. The molecular weight excluding hydrogens is 787 g/mol. The van der Waals surface area contributed by atoms with Crippen LogP contribution in [-0.2, 0) is 38.1 Å². The Morgan fingerprint density at radius 1 is 0.852 bits per heavy atom. The fraction of sp³-hybridized carbons (Fsp3) is 0.447. The van der Waals surface area contributed by atoms with Crippen LogP contribution in [-0.4, -0.2) is 99.0 Å². The minimum atomic E-state index is -2.35. The number of rotatable bonds is 10. The van der Waals surface area contributed by atoms with Gasteiger partial charge in [0.05, 0.1) is 41.6 Å². The topological polar surface area (TPSA) is 212 Å². The fourth-order valence-electron chi connectivity index (χ4n) is 10.4. The molecule has 3 aromatic carbocycles. The van der Waals surface area contributed by atoms with Gasteiger partial charge in [-0.1, -0.05) is 80.6 Å². The van der Waals surface area contributed by atoms with Crippen molar-refractivity contribution in [1.29, 1.82) is 0 Å². The van der Waals surface area contributed by atoms with Gasteiger partial charge >= 0.3 is 17.9 Å². The number of Topliss-reactive ketones (excluding diaryl/α,β-unsaturated/α-hetero) is 2. The highest BCUT2D eigenvalue weighted by atomic mass is 16.6. The Balaban J connectivity index is 1.38. The lowest BCUT2D eigenvalue weighted by molar-refractivity contribution is -0.345. The van der Waals surface area contributed by atoms with Crippen molar-refractivity contribution in [3.8, 4) is 0 Å². The standard InChI is InChI=1S/C47H51NO13/c1-25-31(59-43(56)37(52)36(28-16-10-7-11-17-28)48-41(54)29-18-12-8-13-19-29)23-47(57)40(60-42(55)30-20-14-9-15-21-30)38-45(6,39(53)34(26(2)49)35(25)44(47,4)5)32(51)22-33-46(38,24-58-33)61-27(3)50/h7-21,31-34,36-38,40,51-52,57H,22-24H2,1-6H3,(H,48,54). The molecule has 4 aliphatic rings. The van der Waals surface area contributed by atoms with E-state index in [1.54, 1.807) is 99.6 Å². The molecule has 1 heterocycles. The predicted molar refractivity (Wildman–Crippen MR) is 216 cm³/mol. The van der Waals surface area contributed by atoms with Crippen molar-refractivity contribution in [3.05, 3.63) is 119 Å². The number of carbonyl (C=O) groups excluding carboxylic acids is 6. The highest BCUT2D eigenvalue weighted by molar-refractivity contribution is 6.08. The Hall–Kier alpha value is -5.54. The maximum atomic E-state index is 15.4.